The van der Waals surface area contributed by atoms with E-state index in [-0.39, 0.29) is 29.8 Å². The molecule has 0 spiro atoms. The van der Waals surface area contributed by atoms with Crippen LogP contribution in [0.4, 0.5) is 0 Å². The minimum atomic E-state index is -0.638. The van der Waals surface area contributed by atoms with Gasteiger partial charge in [0.05, 0.1) is 11.3 Å². The lowest BCUT2D eigenvalue weighted by atomic mass is 10.1. The second kappa shape index (κ2) is 6.85. The van der Waals surface area contributed by atoms with E-state index < -0.39 is 11.9 Å². The molecule has 0 aliphatic carbocycles. The van der Waals surface area contributed by atoms with Crippen molar-refractivity contribution in [1.29, 1.82) is 0 Å². The van der Waals surface area contributed by atoms with Crippen LogP contribution >= 0.6 is 0 Å². The molecule has 1 aliphatic heterocycles. The number of likely N-dealkylation sites (tertiary alicyclic amines) is 1. The maximum Gasteiger partial charge on any atom is 0.258 e. The highest BCUT2D eigenvalue weighted by molar-refractivity contribution is 6.00. The molecular weight excluding hydrogens is 326 g/mol. The first-order chi connectivity index (χ1) is 12.0. The number of likely N-dealkylation sites (N-methyl/N-ethyl adjacent to an activating group) is 1. The molecule has 10 nitrogen and oxygen atoms in total. The molecule has 3 rings (SSSR count). The number of nitrogens with two attached hydrogens (primary N) is 1. The van der Waals surface area contributed by atoms with E-state index in [1.165, 1.54) is 28.0 Å². The first-order valence-electron chi connectivity index (χ1n) is 7.92. The Morgan fingerprint density at radius 1 is 1.44 bits per heavy atom. The molecule has 1 aliphatic rings. The zero-order valence-corrected chi connectivity index (χ0v) is 13.7. The van der Waals surface area contributed by atoms with Crippen LogP contribution in [0.1, 0.15) is 23.7 Å². The van der Waals surface area contributed by atoms with Gasteiger partial charge in [-0.05, 0) is 35.9 Å². The van der Waals surface area contributed by atoms with Gasteiger partial charge in [-0.2, -0.15) is 0 Å². The normalized spacial score (nSPS) is 19.8. The maximum atomic E-state index is 12.8. The fraction of sp³-hybridized carbons (Fsp3) is 0.400. The van der Waals surface area contributed by atoms with Crippen molar-refractivity contribution >= 4 is 11.8 Å². The Balaban J connectivity index is 1.85. The van der Waals surface area contributed by atoms with Gasteiger partial charge in [-0.1, -0.05) is 0 Å². The van der Waals surface area contributed by atoms with Crippen LogP contribution in [0, 0.1) is 0 Å². The predicted molar refractivity (Wildman–Crippen MR) is 86.9 cm³/mol. The van der Waals surface area contributed by atoms with Crippen molar-refractivity contribution in [1.82, 2.24) is 30.4 Å². The highest BCUT2D eigenvalue weighted by atomic mass is 16.3. The quantitative estimate of drug-likeness (QED) is 0.649. The second-order valence-corrected chi connectivity index (χ2v) is 5.82. The number of aromatic nitrogens is 4. The molecule has 2 atom stereocenters. The fourth-order valence-corrected chi connectivity index (χ4v) is 2.91. The summed E-state index contributed by atoms with van der Waals surface area (Å²) in [6.07, 6.45) is 1.77. The molecule has 132 valence electrons. The van der Waals surface area contributed by atoms with Gasteiger partial charge in [-0.25, -0.2) is 4.68 Å². The summed E-state index contributed by atoms with van der Waals surface area (Å²) in [6.45, 7) is 2.54. The molecule has 2 aromatic rings. The van der Waals surface area contributed by atoms with Gasteiger partial charge in [0.25, 0.3) is 5.91 Å². The first kappa shape index (κ1) is 16.8. The topological polar surface area (TPSA) is 139 Å². The second-order valence-electron chi connectivity index (χ2n) is 5.82. The number of aromatic hydroxyl groups is 1. The molecule has 1 aromatic carbocycles. The van der Waals surface area contributed by atoms with Gasteiger partial charge < -0.3 is 21.1 Å². The molecule has 1 fully saturated rings. The van der Waals surface area contributed by atoms with E-state index in [4.69, 9.17) is 5.73 Å². The van der Waals surface area contributed by atoms with E-state index in [0.717, 1.165) is 0 Å². The van der Waals surface area contributed by atoms with Crippen LogP contribution in [0.15, 0.2) is 24.5 Å². The van der Waals surface area contributed by atoms with Crippen molar-refractivity contribution in [3.05, 3.63) is 30.1 Å². The van der Waals surface area contributed by atoms with Crippen LogP contribution in [-0.4, -0.2) is 67.2 Å². The van der Waals surface area contributed by atoms with Gasteiger partial charge in [-0.15, -0.1) is 5.10 Å². The van der Waals surface area contributed by atoms with Crippen LogP contribution < -0.4 is 11.1 Å². The molecular formula is C15H19N7O3. The lowest BCUT2D eigenvalue weighted by Gasteiger charge is -2.24. The lowest BCUT2D eigenvalue weighted by molar-refractivity contribution is -0.124. The Labute approximate surface area is 143 Å². The zero-order valence-electron chi connectivity index (χ0n) is 13.7. The van der Waals surface area contributed by atoms with Gasteiger partial charge in [0.2, 0.25) is 5.91 Å². The highest BCUT2D eigenvalue weighted by Crippen LogP contribution is 2.26. The van der Waals surface area contributed by atoms with Crippen LogP contribution in [0.5, 0.6) is 5.75 Å². The number of amides is 2. The van der Waals surface area contributed by atoms with Crippen LogP contribution in [0.3, 0.4) is 0 Å². The van der Waals surface area contributed by atoms with Crippen LogP contribution in [-0.2, 0) is 4.79 Å². The van der Waals surface area contributed by atoms with Gasteiger partial charge in [0, 0.05) is 25.2 Å². The van der Waals surface area contributed by atoms with Crippen molar-refractivity contribution in [3.8, 4) is 11.4 Å². The van der Waals surface area contributed by atoms with Gasteiger partial charge in [-0.3, -0.25) is 9.59 Å². The number of nitrogens with zero attached hydrogens (tertiary/aromatic N) is 5. The molecule has 25 heavy (non-hydrogen) atoms. The van der Waals surface area contributed by atoms with E-state index in [2.05, 4.69) is 20.8 Å². The van der Waals surface area contributed by atoms with E-state index in [1.54, 1.807) is 6.07 Å². The van der Waals surface area contributed by atoms with Gasteiger partial charge in [0.15, 0.2) is 0 Å². The number of carbonyl (C=O) groups excluding carboxylic acids is 2. The van der Waals surface area contributed by atoms with E-state index in [9.17, 15) is 14.7 Å². The molecule has 0 bridgehead atoms. The van der Waals surface area contributed by atoms with Crippen LogP contribution in [0.25, 0.3) is 5.69 Å². The highest BCUT2D eigenvalue weighted by Gasteiger charge is 2.38. The number of phenols is 1. The summed E-state index contributed by atoms with van der Waals surface area (Å²) >= 11 is 0. The Kier molecular flexibility index (Phi) is 4.61. The van der Waals surface area contributed by atoms with Gasteiger partial charge in [0.1, 0.15) is 18.1 Å². The summed E-state index contributed by atoms with van der Waals surface area (Å²) in [4.78, 5) is 26.4. The third-order valence-electron chi connectivity index (χ3n) is 4.07. The maximum absolute atomic E-state index is 12.8. The van der Waals surface area contributed by atoms with Crippen molar-refractivity contribution in [2.24, 2.45) is 5.73 Å². The summed E-state index contributed by atoms with van der Waals surface area (Å²) in [5.74, 6) is -0.897. The summed E-state index contributed by atoms with van der Waals surface area (Å²) in [7, 11) is 0. The monoisotopic (exact) mass is 345 g/mol. The molecule has 0 unspecified atom stereocenters. The molecule has 1 saturated heterocycles. The van der Waals surface area contributed by atoms with Crippen molar-refractivity contribution in [2.45, 2.75) is 25.4 Å². The Hall–Kier alpha value is -3.01. The minimum absolute atomic E-state index is 0.0974. The Morgan fingerprint density at radius 2 is 2.24 bits per heavy atom. The lowest BCUT2D eigenvalue weighted by Crippen LogP contribution is -2.46. The number of phenolic OH excluding ortho intramolecular Hbond substituents is 1. The number of hydrogen-bond donors (Lipinski definition) is 3. The molecule has 2 heterocycles. The number of benzene rings is 1. The van der Waals surface area contributed by atoms with Crippen molar-refractivity contribution < 1.29 is 14.7 Å². The Morgan fingerprint density at radius 3 is 2.88 bits per heavy atom. The minimum Gasteiger partial charge on any atom is -0.507 e. The third kappa shape index (κ3) is 3.29. The van der Waals surface area contributed by atoms with Crippen molar-refractivity contribution in [2.75, 3.05) is 13.1 Å². The molecule has 4 N–H and O–H groups in total. The number of carbonyl (C=O) groups is 2. The number of nitrogens with one attached hydrogen (secondary N) is 1. The van der Waals surface area contributed by atoms with E-state index in [1.807, 2.05) is 6.92 Å². The largest absolute Gasteiger partial charge is 0.507 e. The zero-order chi connectivity index (χ0) is 18.0. The molecule has 2 amide bonds. The van der Waals surface area contributed by atoms with Crippen molar-refractivity contribution in [3.63, 3.8) is 0 Å². The van der Waals surface area contributed by atoms with E-state index in [0.29, 0.717) is 18.7 Å². The first-order valence-corrected chi connectivity index (χ1v) is 7.92. The average Bonchev–Trinajstić information content (AvgIpc) is 3.24. The number of tetrazole rings is 1. The SMILES string of the molecule is CCNC(=O)[C@@H]1C[C@H](N)CN1C(=O)c1ccc(-n2cnnn2)cc1O. The summed E-state index contributed by atoms with van der Waals surface area (Å²) in [6, 6.07) is 3.56. The summed E-state index contributed by atoms with van der Waals surface area (Å²) in [5, 5.41) is 23.7. The standard InChI is InChI=1S/C15H19N7O3/c1-2-17-14(24)12-5-9(16)7-21(12)15(25)11-4-3-10(6-13(11)23)22-8-18-19-20-22/h3-4,6,8-9,12,23H,2,5,7,16H2,1H3,(H,17,24)/t9-,12-/m0/s1. The molecule has 0 saturated carbocycles. The van der Waals surface area contributed by atoms with Gasteiger partial charge >= 0.3 is 0 Å². The summed E-state index contributed by atoms with van der Waals surface area (Å²) in [5.41, 5.74) is 6.54. The van der Waals surface area contributed by atoms with E-state index >= 15 is 0 Å². The number of hydrogen-bond acceptors (Lipinski definition) is 7. The smallest absolute Gasteiger partial charge is 0.258 e. The Bertz CT molecular complexity index is 777. The molecule has 0 radical (unpaired) electrons. The fourth-order valence-electron chi connectivity index (χ4n) is 2.91. The number of rotatable bonds is 4. The van der Waals surface area contributed by atoms with Crippen LogP contribution in [0.2, 0.25) is 0 Å². The summed E-state index contributed by atoms with van der Waals surface area (Å²) < 4.78 is 1.36. The molecule has 10 heteroatoms. The average molecular weight is 345 g/mol. The predicted octanol–water partition coefficient (Wildman–Crippen LogP) is -0.954. The molecule has 1 aromatic heterocycles. The third-order valence-corrected chi connectivity index (χ3v) is 4.07.